The minimum atomic E-state index is -0.237. The van der Waals surface area contributed by atoms with Crippen LogP contribution in [0.3, 0.4) is 0 Å². The van der Waals surface area contributed by atoms with Crippen molar-refractivity contribution in [2.24, 2.45) is 5.92 Å². The standard InChI is InChI=1S/C22H24N6O3/c1-3-28-14-17(13-24-28)25-20(29)16-6-10-26(11-7-16)21(30)19-15(2)31-22(18(19)12-23)27-8-4-5-9-27/h4-5,8-9,13-14,16H,3,6-7,10-11H2,1-2H3,(H,25,29). The van der Waals surface area contributed by atoms with E-state index in [0.717, 1.165) is 6.54 Å². The lowest BCUT2D eigenvalue weighted by molar-refractivity contribution is -0.121. The summed E-state index contributed by atoms with van der Waals surface area (Å²) >= 11 is 0. The molecule has 4 heterocycles. The first-order valence-electron chi connectivity index (χ1n) is 10.3. The Kier molecular flexibility index (Phi) is 5.62. The van der Waals surface area contributed by atoms with E-state index in [9.17, 15) is 14.9 Å². The van der Waals surface area contributed by atoms with Crippen LogP contribution in [-0.4, -0.2) is 44.2 Å². The van der Waals surface area contributed by atoms with Crippen LogP contribution in [-0.2, 0) is 11.3 Å². The Hall–Kier alpha value is -3.80. The molecule has 4 rings (SSSR count). The van der Waals surface area contributed by atoms with Gasteiger partial charge in [0.1, 0.15) is 23.0 Å². The van der Waals surface area contributed by atoms with Crippen molar-refractivity contribution in [3.63, 3.8) is 0 Å². The highest BCUT2D eigenvalue weighted by molar-refractivity contribution is 5.99. The zero-order valence-electron chi connectivity index (χ0n) is 17.5. The molecule has 2 amide bonds. The van der Waals surface area contributed by atoms with E-state index in [-0.39, 0.29) is 23.3 Å². The Balaban J connectivity index is 1.43. The highest BCUT2D eigenvalue weighted by Gasteiger charge is 2.32. The fraction of sp³-hybridized carbons (Fsp3) is 0.364. The molecular weight excluding hydrogens is 396 g/mol. The van der Waals surface area contributed by atoms with Gasteiger partial charge < -0.3 is 14.6 Å². The summed E-state index contributed by atoms with van der Waals surface area (Å²) in [7, 11) is 0. The van der Waals surface area contributed by atoms with Crippen LogP contribution < -0.4 is 5.32 Å². The SMILES string of the molecule is CCn1cc(NC(=O)C2CCN(C(=O)c3c(C)oc(-n4cccc4)c3C#N)CC2)cn1. The van der Waals surface area contributed by atoms with Crippen LogP contribution in [0.4, 0.5) is 5.69 Å². The number of carbonyl (C=O) groups is 2. The minimum Gasteiger partial charge on any atom is -0.443 e. The molecule has 1 aliphatic rings. The average molecular weight is 420 g/mol. The van der Waals surface area contributed by atoms with Gasteiger partial charge in [0, 0.05) is 44.1 Å². The van der Waals surface area contributed by atoms with Crippen LogP contribution in [0, 0.1) is 24.2 Å². The number of carbonyl (C=O) groups excluding carboxylic acids is 2. The van der Waals surface area contributed by atoms with E-state index in [1.54, 1.807) is 45.9 Å². The number of nitrogens with zero attached hydrogens (tertiary/aromatic N) is 5. The second-order valence-electron chi connectivity index (χ2n) is 7.56. The molecule has 1 saturated heterocycles. The maximum atomic E-state index is 13.2. The van der Waals surface area contributed by atoms with Crippen molar-refractivity contribution in [1.82, 2.24) is 19.2 Å². The molecule has 1 aliphatic heterocycles. The zero-order chi connectivity index (χ0) is 22.0. The summed E-state index contributed by atoms with van der Waals surface area (Å²) in [4.78, 5) is 27.5. The van der Waals surface area contributed by atoms with Crippen molar-refractivity contribution in [2.75, 3.05) is 18.4 Å². The van der Waals surface area contributed by atoms with Gasteiger partial charge >= 0.3 is 0 Å². The van der Waals surface area contributed by atoms with Gasteiger partial charge in [0.05, 0.1) is 11.9 Å². The number of aromatic nitrogens is 3. The summed E-state index contributed by atoms with van der Waals surface area (Å²) < 4.78 is 9.18. The van der Waals surface area contributed by atoms with Gasteiger partial charge in [-0.2, -0.15) is 10.4 Å². The first kappa shape index (κ1) is 20.5. The molecule has 9 heteroatoms. The molecule has 0 atom stereocenters. The predicted octanol–water partition coefficient (Wildman–Crippen LogP) is 2.96. The first-order valence-corrected chi connectivity index (χ1v) is 10.3. The van der Waals surface area contributed by atoms with Gasteiger partial charge in [-0.25, -0.2) is 0 Å². The number of likely N-dealkylation sites (tertiary alicyclic amines) is 1. The fourth-order valence-electron chi connectivity index (χ4n) is 3.89. The van der Waals surface area contributed by atoms with Crippen molar-refractivity contribution in [3.05, 3.63) is 53.8 Å². The second-order valence-corrected chi connectivity index (χ2v) is 7.56. The zero-order valence-corrected chi connectivity index (χ0v) is 17.5. The Morgan fingerprint density at radius 3 is 2.61 bits per heavy atom. The predicted molar refractivity (Wildman–Crippen MR) is 113 cm³/mol. The molecule has 31 heavy (non-hydrogen) atoms. The normalized spacial score (nSPS) is 14.4. The minimum absolute atomic E-state index is 0.0603. The van der Waals surface area contributed by atoms with E-state index >= 15 is 0 Å². The van der Waals surface area contributed by atoms with E-state index in [4.69, 9.17) is 4.42 Å². The van der Waals surface area contributed by atoms with E-state index in [1.807, 2.05) is 19.1 Å². The third-order valence-corrected chi connectivity index (χ3v) is 5.61. The number of piperidine rings is 1. The summed E-state index contributed by atoms with van der Waals surface area (Å²) in [6.07, 6.45) is 8.08. The number of hydrogen-bond donors (Lipinski definition) is 1. The number of rotatable bonds is 5. The van der Waals surface area contributed by atoms with E-state index in [1.165, 1.54) is 0 Å². The number of anilines is 1. The molecule has 3 aromatic rings. The maximum absolute atomic E-state index is 13.2. The summed E-state index contributed by atoms with van der Waals surface area (Å²) in [6.45, 7) is 5.30. The smallest absolute Gasteiger partial charge is 0.258 e. The Morgan fingerprint density at radius 1 is 1.29 bits per heavy atom. The molecule has 0 unspecified atom stereocenters. The summed E-state index contributed by atoms with van der Waals surface area (Å²) in [5, 5.41) is 16.7. The average Bonchev–Trinajstić information content (AvgIpc) is 3.53. The molecule has 3 aromatic heterocycles. The largest absolute Gasteiger partial charge is 0.443 e. The van der Waals surface area contributed by atoms with Crippen LogP contribution in [0.15, 0.2) is 41.3 Å². The molecule has 0 aromatic carbocycles. The first-order chi connectivity index (χ1) is 15.0. The van der Waals surface area contributed by atoms with Gasteiger partial charge in [-0.3, -0.25) is 18.8 Å². The Morgan fingerprint density at radius 2 is 2.00 bits per heavy atom. The maximum Gasteiger partial charge on any atom is 0.258 e. The monoisotopic (exact) mass is 420 g/mol. The molecular formula is C22H24N6O3. The summed E-state index contributed by atoms with van der Waals surface area (Å²) in [6, 6.07) is 5.77. The Labute approximate surface area is 179 Å². The highest BCUT2D eigenvalue weighted by atomic mass is 16.4. The van der Waals surface area contributed by atoms with Crippen LogP contribution in [0.25, 0.3) is 5.88 Å². The molecule has 0 radical (unpaired) electrons. The number of amides is 2. The molecule has 0 spiro atoms. The van der Waals surface area contributed by atoms with Crippen LogP contribution in [0.2, 0.25) is 0 Å². The molecule has 0 bridgehead atoms. The van der Waals surface area contributed by atoms with Crippen molar-refractivity contribution in [3.8, 4) is 12.0 Å². The molecule has 1 fully saturated rings. The number of hydrogen-bond acceptors (Lipinski definition) is 5. The molecule has 160 valence electrons. The lowest BCUT2D eigenvalue weighted by Gasteiger charge is -2.31. The van der Waals surface area contributed by atoms with Crippen LogP contribution >= 0.6 is 0 Å². The van der Waals surface area contributed by atoms with Crippen molar-refractivity contribution in [2.45, 2.75) is 33.2 Å². The molecule has 1 N–H and O–H groups in total. The number of aryl methyl sites for hydroxylation is 2. The van der Waals surface area contributed by atoms with Crippen LogP contribution in [0.1, 0.15) is 41.4 Å². The number of nitrogens with one attached hydrogen (secondary N) is 1. The lowest BCUT2D eigenvalue weighted by atomic mass is 9.95. The topological polar surface area (TPSA) is 109 Å². The van der Waals surface area contributed by atoms with Crippen molar-refractivity contribution >= 4 is 17.5 Å². The second kappa shape index (κ2) is 8.52. The quantitative estimate of drug-likeness (QED) is 0.682. The summed E-state index contributed by atoms with van der Waals surface area (Å²) in [5.41, 5.74) is 1.20. The summed E-state index contributed by atoms with van der Waals surface area (Å²) in [5.74, 6) is 0.285. The van der Waals surface area contributed by atoms with Gasteiger partial charge in [0.15, 0.2) is 0 Å². The van der Waals surface area contributed by atoms with Crippen molar-refractivity contribution < 1.29 is 14.0 Å². The number of furan rings is 1. The molecule has 9 nitrogen and oxygen atoms in total. The molecule has 0 saturated carbocycles. The van der Waals surface area contributed by atoms with Crippen molar-refractivity contribution in [1.29, 1.82) is 5.26 Å². The Bertz CT molecular complexity index is 1130. The fourth-order valence-corrected chi connectivity index (χ4v) is 3.89. The third-order valence-electron chi connectivity index (χ3n) is 5.61. The van der Waals surface area contributed by atoms with Crippen LogP contribution in [0.5, 0.6) is 0 Å². The highest BCUT2D eigenvalue weighted by Crippen LogP contribution is 2.28. The van der Waals surface area contributed by atoms with Gasteiger partial charge in [-0.1, -0.05) is 0 Å². The van der Waals surface area contributed by atoms with Gasteiger partial charge in [-0.15, -0.1) is 0 Å². The van der Waals surface area contributed by atoms with E-state index < -0.39 is 0 Å². The third kappa shape index (κ3) is 3.97. The number of nitriles is 1. The lowest BCUT2D eigenvalue weighted by Crippen LogP contribution is -2.41. The molecule has 0 aliphatic carbocycles. The van der Waals surface area contributed by atoms with E-state index in [2.05, 4.69) is 16.5 Å². The van der Waals surface area contributed by atoms with Gasteiger partial charge in [0.25, 0.3) is 5.91 Å². The van der Waals surface area contributed by atoms with Gasteiger partial charge in [-0.05, 0) is 38.8 Å². The van der Waals surface area contributed by atoms with E-state index in [0.29, 0.717) is 48.8 Å². The van der Waals surface area contributed by atoms with Gasteiger partial charge in [0.2, 0.25) is 11.8 Å².